The van der Waals surface area contributed by atoms with Crippen LogP contribution in [0.25, 0.3) is 0 Å². The highest BCUT2D eigenvalue weighted by Crippen LogP contribution is 2.43. The third kappa shape index (κ3) is 7.39. The number of aromatic nitrogens is 3. The van der Waals surface area contributed by atoms with E-state index in [9.17, 15) is 44.7 Å². The average Bonchev–Trinajstić information content (AvgIpc) is 3.29. The van der Waals surface area contributed by atoms with Crippen LogP contribution in [0.4, 0.5) is 40.8 Å². The van der Waals surface area contributed by atoms with Gasteiger partial charge >= 0.3 is 18.3 Å². The smallest absolute Gasteiger partial charge is 0.411 e. The summed E-state index contributed by atoms with van der Waals surface area (Å²) >= 11 is 6.18. The van der Waals surface area contributed by atoms with Gasteiger partial charge in [-0.2, -0.15) is 35.1 Å². The molecular formula is C25H21ClF8N6O3. The summed E-state index contributed by atoms with van der Waals surface area (Å²) < 4.78 is 105. The van der Waals surface area contributed by atoms with E-state index < -0.39 is 53.8 Å². The third-order valence-corrected chi connectivity index (χ3v) is 6.05. The first-order valence-electron chi connectivity index (χ1n) is 11.9. The van der Waals surface area contributed by atoms with Crippen LogP contribution in [0.5, 0.6) is 0 Å². The summed E-state index contributed by atoms with van der Waals surface area (Å²) in [5.41, 5.74) is -1.16. The van der Waals surface area contributed by atoms with E-state index in [-0.39, 0.29) is 37.6 Å². The molecule has 1 aromatic heterocycles. The Morgan fingerprint density at radius 1 is 1.05 bits per heavy atom. The highest BCUT2D eigenvalue weighted by atomic mass is 35.5. The highest BCUT2D eigenvalue weighted by Gasteiger charge is 2.62. The fourth-order valence-corrected chi connectivity index (χ4v) is 3.98. The van der Waals surface area contributed by atoms with Crippen molar-refractivity contribution < 1.29 is 49.9 Å². The average molecular weight is 641 g/mol. The summed E-state index contributed by atoms with van der Waals surface area (Å²) in [6.45, 7) is 3.55. The molecule has 0 unspecified atom stereocenters. The first kappa shape index (κ1) is 33.2. The Balaban J connectivity index is 1.90. The fraction of sp³-hybridized carbons (Fsp3) is 0.320. The molecule has 0 fully saturated rings. The fourth-order valence-electron chi connectivity index (χ4n) is 3.72. The molecule has 18 heteroatoms. The quantitative estimate of drug-likeness (QED) is 0.118. The Morgan fingerprint density at radius 2 is 1.70 bits per heavy atom. The maximum absolute atomic E-state index is 13.7. The summed E-state index contributed by atoms with van der Waals surface area (Å²) in [6, 6.07) is 7.70. The summed E-state index contributed by atoms with van der Waals surface area (Å²) in [5, 5.41) is 19.4. The molecule has 0 atom stereocenters. The number of nitrogens with zero attached hydrogens (tertiary/aromatic N) is 4. The van der Waals surface area contributed by atoms with Crippen LogP contribution in [0.3, 0.4) is 0 Å². The molecule has 2 aromatic carbocycles. The number of rotatable bonds is 8. The number of hydrogen-bond donors (Lipinski definition) is 3. The molecule has 0 saturated carbocycles. The monoisotopic (exact) mass is 640 g/mol. The van der Waals surface area contributed by atoms with Crippen molar-refractivity contribution in [1.29, 1.82) is 0 Å². The molecule has 0 radical (unpaired) electrons. The topological polar surface area (TPSA) is 122 Å². The SMILES string of the molecule is Cc1cc(Cn2nc(C(F)(F)C(F)(F)F)nc2C(F)(F)F)ccc1NC(=O)c1cccc(Cl)c1C(=O)NC(C)(C)/C=N\O. The van der Waals surface area contributed by atoms with Crippen LogP contribution in [-0.4, -0.2) is 49.7 Å². The number of anilines is 1. The van der Waals surface area contributed by atoms with Gasteiger partial charge in [0.2, 0.25) is 11.6 Å². The summed E-state index contributed by atoms with van der Waals surface area (Å²) in [5.74, 6) is -11.8. The summed E-state index contributed by atoms with van der Waals surface area (Å²) in [7, 11) is 0. The van der Waals surface area contributed by atoms with Crippen LogP contribution in [-0.2, 0) is 18.6 Å². The van der Waals surface area contributed by atoms with Gasteiger partial charge in [-0.15, -0.1) is 5.10 Å². The number of hydrogen-bond acceptors (Lipinski definition) is 6. The van der Waals surface area contributed by atoms with Crippen LogP contribution >= 0.6 is 11.6 Å². The van der Waals surface area contributed by atoms with Crippen LogP contribution in [0, 0.1) is 6.92 Å². The lowest BCUT2D eigenvalue weighted by molar-refractivity contribution is -0.292. The highest BCUT2D eigenvalue weighted by molar-refractivity contribution is 6.35. The van der Waals surface area contributed by atoms with E-state index in [2.05, 4.69) is 25.9 Å². The molecule has 0 aliphatic heterocycles. The lowest BCUT2D eigenvalue weighted by Crippen LogP contribution is -2.45. The molecular weight excluding hydrogens is 620 g/mol. The molecule has 0 aliphatic rings. The number of aryl methyl sites for hydroxylation is 1. The van der Waals surface area contributed by atoms with Gasteiger partial charge in [-0.3, -0.25) is 9.59 Å². The summed E-state index contributed by atoms with van der Waals surface area (Å²) in [4.78, 5) is 28.5. The van der Waals surface area contributed by atoms with Crippen molar-refractivity contribution in [2.75, 3.05) is 5.32 Å². The minimum Gasteiger partial charge on any atom is -0.411 e. The van der Waals surface area contributed by atoms with Gasteiger partial charge in [0.25, 0.3) is 11.8 Å². The van der Waals surface area contributed by atoms with Gasteiger partial charge in [-0.05, 0) is 50.1 Å². The van der Waals surface area contributed by atoms with Crippen molar-refractivity contribution in [3.8, 4) is 0 Å². The molecule has 0 bridgehead atoms. The molecule has 1 heterocycles. The van der Waals surface area contributed by atoms with Crippen molar-refractivity contribution in [1.82, 2.24) is 20.1 Å². The number of alkyl halides is 8. The Labute approximate surface area is 242 Å². The molecule has 232 valence electrons. The van der Waals surface area contributed by atoms with Gasteiger partial charge in [0.15, 0.2) is 0 Å². The zero-order valence-corrected chi connectivity index (χ0v) is 23.0. The molecule has 43 heavy (non-hydrogen) atoms. The Hall–Kier alpha value is -4.28. The number of benzene rings is 2. The molecule has 3 rings (SSSR count). The van der Waals surface area contributed by atoms with Crippen molar-refractivity contribution in [2.45, 2.75) is 51.1 Å². The summed E-state index contributed by atoms with van der Waals surface area (Å²) in [6.07, 6.45) is -10.6. The van der Waals surface area contributed by atoms with Crippen LogP contribution in [0.15, 0.2) is 41.6 Å². The second-order valence-corrected chi connectivity index (χ2v) is 10.1. The number of halogens is 9. The van der Waals surface area contributed by atoms with Gasteiger partial charge in [-0.1, -0.05) is 35.0 Å². The molecule has 9 nitrogen and oxygen atoms in total. The number of amides is 2. The lowest BCUT2D eigenvalue weighted by atomic mass is 10.0. The van der Waals surface area contributed by atoms with Crippen molar-refractivity contribution >= 4 is 35.3 Å². The minimum absolute atomic E-state index is 0.0108. The van der Waals surface area contributed by atoms with E-state index in [1.165, 1.54) is 57.2 Å². The van der Waals surface area contributed by atoms with Gasteiger partial charge in [-0.25, -0.2) is 9.67 Å². The van der Waals surface area contributed by atoms with Gasteiger partial charge in [0.1, 0.15) is 0 Å². The number of nitrogens with one attached hydrogen (secondary N) is 2. The van der Waals surface area contributed by atoms with E-state index in [0.717, 1.165) is 6.21 Å². The van der Waals surface area contributed by atoms with Crippen molar-refractivity contribution in [3.05, 3.63) is 75.3 Å². The van der Waals surface area contributed by atoms with E-state index in [1.807, 2.05) is 0 Å². The Morgan fingerprint density at radius 3 is 2.26 bits per heavy atom. The number of carbonyl (C=O) groups excluding carboxylic acids is 2. The molecule has 3 N–H and O–H groups in total. The number of oxime groups is 1. The maximum atomic E-state index is 13.7. The molecule has 0 spiro atoms. The molecule has 3 aromatic rings. The normalized spacial score (nSPS) is 12.9. The van der Waals surface area contributed by atoms with Crippen LogP contribution < -0.4 is 10.6 Å². The second kappa shape index (κ2) is 11.8. The first-order valence-corrected chi connectivity index (χ1v) is 12.2. The predicted octanol–water partition coefficient (Wildman–Crippen LogP) is 6.18. The third-order valence-electron chi connectivity index (χ3n) is 5.73. The standard InChI is InChI=1S/C25H21ClF8N6O3/c1-12-9-13(10-40-21(24(29,30)31)37-20(39-40)23(27,28)25(32,33)34)7-8-16(12)36-18(41)14-5-4-6-15(26)17(14)19(42)38-22(2,3)11-35-43/h4-9,11,43H,10H2,1-3H3,(H,36,41)(H,38,42)/b35-11-. The minimum atomic E-state index is -6.23. The van der Waals surface area contributed by atoms with Gasteiger partial charge in [0, 0.05) is 5.69 Å². The van der Waals surface area contributed by atoms with Crippen molar-refractivity contribution in [3.63, 3.8) is 0 Å². The lowest BCUT2D eigenvalue weighted by Gasteiger charge is -2.22. The number of carbonyl (C=O) groups is 2. The zero-order chi connectivity index (χ0) is 32.5. The molecule has 0 aliphatic carbocycles. The first-order chi connectivity index (χ1) is 19.7. The molecule has 0 saturated heterocycles. The van der Waals surface area contributed by atoms with E-state index in [0.29, 0.717) is 0 Å². The Bertz CT molecular complexity index is 1570. The largest absolute Gasteiger partial charge is 0.461 e. The second-order valence-electron chi connectivity index (χ2n) is 9.67. The van der Waals surface area contributed by atoms with Crippen molar-refractivity contribution in [2.24, 2.45) is 5.16 Å². The Kier molecular flexibility index (Phi) is 9.10. The zero-order valence-electron chi connectivity index (χ0n) is 22.2. The molecule has 2 amide bonds. The van der Waals surface area contributed by atoms with Crippen LogP contribution in [0.2, 0.25) is 5.02 Å². The van der Waals surface area contributed by atoms with E-state index in [1.54, 1.807) is 0 Å². The van der Waals surface area contributed by atoms with Gasteiger partial charge in [0.05, 0.1) is 34.4 Å². The van der Waals surface area contributed by atoms with E-state index in [4.69, 9.17) is 16.8 Å². The van der Waals surface area contributed by atoms with Crippen LogP contribution in [0.1, 0.15) is 57.3 Å². The maximum Gasteiger partial charge on any atom is 0.461 e. The van der Waals surface area contributed by atoms with Gasteiger partial charge < -0.3 is 15.8 Å². The predicted molar refractivity (Wildman–Crippen MR) is 136 cm³/mol. The van der Waals surface area contributed by atoms with E-state index >= 15 is 0 Å².